The summed E-state index contributed by atoms with van der Waals surface area (Å²) in [5, 5.41) is 7.29. The Morgan fingerprint density at radius 3 is 2.33 bits per heavy atom. The van der Waals surface area contributed by atoms with Crippen LogP contribution < -0.4 is 4.74 Å². The number of ether oxygens (including phenoxy) is 1. The van der Waals surface area contributed by atoms with Crippen molar-refractivity contribution in [3.8, 4) is 34.1 Å². The van der Waals surface area contributed by atoms with E-state index in [1.54, 1.807) is 0 Å². The van der Waals surface area contributed by atoms with Crippen molar-refractivity contribution in [2.75, 3.05) is 0 Å². The van der Waals surface area contributed by atoms with Crippen LogP contribution in [0.4, 0.5) is 0 Å². The summed E-state index contributed by atoms with van der Waals surface area (Å²) < 4.78 is 10.7. The number of benzene rings is 4. The fourth-order valence-electron chi connectivity index (χ4n) is 6.03. The zero-order valence-corrected chi connectivity index (χ0v) is 29.0. The monoisotopic (exact) mass is 783 g/mol. The van der Waals surface area contributed by atoms with E-state index in [1.807, 2.05) is 41.2 Å². The molecule has 0 radical (unpaired) electrons. The second-order valence-corrected chi connectivity index (χ2v) is 12.9. The molecule has 0 spiro atoms. The van der Waals surface area contributed by atoms with Crippen LogP contribution in [0.25, 0.3) is 44.4 Å². The van der Waals surface area contributed by atoms with Crippen molar-refractivity contribution in [2.24, 2.45) is 5.41 Å². The minimum Gasteiger partial charge on any atom is -0.509 e. The molecule has 232 valence electrons. The third kappa shape index (κ3) is 6.17. The molecule has 0 N–H and O–H groups in total. The molecule has 3 aromatic heterocycles. The fourth-order valence-corrected chi connectivity index (χ4v) is 6.03. The Labute approximate surface area is 285 Å². The van der Waals surface area contributed by atoms with Crippen molar-refractivity contribution in [3.05, 3.63) is 132 Å². The molecular weight excluding hydrogens is 748 g/mol. The van der Waals surface area contributed by atoms with E-state index in [9.17, 15) is 0 Å². The molecule has 3 heterocycles. The van der Waals surface area contributed by atoms with Crippen molar-refractivity contribution >= 4 is 21.8 Å². The van der Waals surface area contributed by atoms with Gasteiger partial charge in [-0.3, -0.25) is 4.68 Å². The summed E-state index contributed by atoms with van der Waals surface area (Å²) in [6.07, 6.45) is 3.78. The van der Waals surface area contributed by atoms with E-state index in [-0.39, 0.29) is 26.5 Å². The van der Waals surface area contributed by atoms with Gasteiger partial charge in [-0.05, 0) is 72.5 Å². The van der Waals surface area contributed by atoms with Crippen molar-refractivity contribution in [3.63, 3.8) is 0 Å². The van der Waals surface area contributed by atoms with E-state index in [0.29, 0.717) is 11.5 Å². The van der Waals surface area contributed by atoms with Crippen LogP contribution in [0.3, 0.4) is 0 Å². The summed E-state index contributed by atoms with van der Waals surface area (Å²) in [4.78, 5) is 4.70. The van der Waals surface area contributed by atoms with Gasteiger partial charge in [0.1, 0.15) is 5.82 Å². The molecule has 7 aromatic rings. The standard InChI is InChI=1S/C40H36N4O.Pt/c1-27-21-23-41-38(24-27)43-35-17-10-9-16-33(35)34-19-18-32(26-37(34)43)45-31-15-11-14-30(25-31)44-36(20-22-40(3,4)5)39(28(2)42-44)29-12-7-6-8-13-29;/h6-19,21,23-24H,20,22H2,1-5H3;/q-2;+2. The first kappa shape index (κ1) is 31.5. The molecule has 0 aliphatic rings. The quantitative estimate of drug-likeness (QED) is 0.151. The minimum atomic E-state index is 0. The number of fused-ring (bicyclic) bond motifs is 3. The van der Waals surface area contributed by atoms with Gasteiger partial charge in [0, 0.05) is 34.5 Å². The van der Waals surface area contributed by atoms with Crippen molar-refractivity contribution in [1.29, 1.82) is 0 Å². The van der Waals surface area contributed by atoms with Gasteiger partial charge >= 0.3 is 21.1 Å². The first-order valence-corrected chi connectivity index (χ1v) is 15.5. The number of para-hydroxylation sites is 1. The van der Waals surface area contributed by atoms with Gasteiger partial charge in [-0.15, -0.1) is 35.7 Å². The van der Waals surface area contributed by atoms with E-state index < -0.39 is 0 Å². The van der Waals surface area contributed by atoms with Crippen molar-refractivity contribution < 1.29 is 25.8 Å². The van der Waals surface area contributed by atoms with Gasteiger partial charge in [0.05, 0.1) is 5.69 Å². The minimum absolute atomic E-state index is 0. The maximum Gasteiger partial charge on any atom is 2.00 e. The normalized spacial score (nSPS) is 11.6. The second-order valence-electron chi connectivity index (χ2n) is 12.9. The van der Waals surface area contributed by atoms with Gasteiger partial charge in [-0.25, -0.2) is 4.98 Å². The molecule has 0 unspecified atom stereocenters. The van der Waals surface area contributed by atoms with E-state index in [1.165, 1.54) is 16.8 Å². The summed E-state index contributed by atoms with van der Waals surface area (Å²) in [5.41, 5.74) is 8.75. The smallest absolute Gasteiger partial charge is 0.509 e. The Morgan fingerprint density at radius 1 is 0.783 bits per heavy atom. The van der Waals surface area contributed by atoms with Crippen molar-refractivity contribution in [2.45, 2.75) is 47.5 Å². The number of aryl methyl sites for hydroxylation is 2. The third-order valence-corrected chi connectivity index (χ3v) is 8.22. The second kappa shape index (κ2) is 12.7. The first-order valence-electron chi connectivity index (χ1n) is 15.5. The summed E-state index contributed by atoms with van der Waals surface area (Å²) in [5.74, 6) is 2.08. The first-order chi connectivity index (χ1) is 21.7. The van der Waals surface area contributed by atoms with Crippen LogP contribution >= 0.6 is 0 Å². The average Bonchev–Trinajstić information content (AvgIpc) is 3.54. The average molecular weight is 784 g/mol. The molecular formula is C40H36N4OPt. The molecule has 6 heteroatoms. The van der Waals surface area contributed by atoms with Gasteiger partial charge in [0.25, 0.3) is 0 Å². The maximum absolute atomic E-state index is 6.45. The zero-order chi connectivity index (χ0) is 31.1. The van der Waals surface area contributed by atoms with E-state index in [4.69, 9.17) is 14.8 Å². The zero-order valence-electron chi connectivity index (χ0n) is 26.7. The molecule has 0 saturated carbocycles. The third-order valence-electron chi connectivity index (χ3n) is 8.22. The van der Waals surface area contributed by atoms with E-state index in [0.717, 1.165) is 57.4 Å². The van der Waals surface area contributed by atoms with Crippen LogP contribution in [0.1, 0.15) is 44.1 Å². The molecule has 0 aliphatic carbocycles. The number of nitrogens with zero attached hydrogens (tertiary/aromatic N) is 4. The molecule has 0 amide bonds. The number of hydrogen-bond donors (Lipinski definition) is 0. The molecule has 0 aliphatic heterocycles. The SMILES string of the molecule is Cc1ccnc(-n2c3[c-]c(Oc4[c-]c(-n5nc(C)c(-c6ccccc6)c5CCC(C)(C)C)ccc4)ccc3c3ccccc32)c1.[Pt+2]. The molecule has 0 saturated heterocycles. The molecule has 7 rings (SSSR count). The van der Waals surface area contributed by atoms with Crippen molar-refractivity contribution in [1.82, 2.24) is 19.3 Å². The number of aromatic nitrogens is 4. The van der Waals surface area contributed by atoms with Gasteiger partial charge in [-0.1, -0.05) is 74.8 Å². The Balaban J connectivity index is 0.00000372. The van der Waals surface area contributed by atoms with Gasteiger partial charge in [0.2, 0.25) is 0 Å². The topological polar surface area (TPSA) is 44.9 Å². The summed E-state index contributed by atoms with van der Waals surface area (Å²) in [6.45, 7) is 11.0. The Hall–Kier alpha value is -4.47. The predicted molar refractivity (Wildman–Crippen MR) is 183 cm³/mol. The number of rotatable bonds is 7. The summed E-state index contributed by atoms with van der Waals surface area (Å²) in [6, 6.07) is 40.2. The largest absolute Gasteiger partial charge is 2.00 e. The van der Waals surface area contributed by atoms with Crippen LogP contribution in [0.5, 0.6) is 11.5 Å². The van der Waals surface area contributed by atoms with Crippen LogP contribution in [0.2, 0.25) is 0 Å². The predicted octanol–water partition coefficient (Wildman–Crippen LogP) is 10.0. The molecule has 0 bridgehead atoms. The van der Waals surface area contributed by atoms with Gasteiger partial charge in [-0.2, -0.15) is 17.2 Å². The molecule has 5 nitrogen and oxygen atoms in total. The Morgan fingerprint density at radius 2 is 1.54 bits per heavy atom. The van der Waals surface area contributed by atoms with Gasteiger partial charge < -0.3 is 9.30 Å². The summed E-state index contributed by atoms with van der Waals surface area (Å²) in [7, 11) is 0. The molecule has 0 fully saturated rings. The van der Waals surface area contributed by atoms with Crippen LogP contribution in [0.15, 0.2) is 103 Å². The van der Waals surface area contributed by atoms with E-state index in [2.05, 4.69) is 118 Å². The Kier molecular flexibility index (Phi) is 8.72. The maximum atomic E-state index is 6.45. The van der Waals surface area contributed by atoms with Gasteiger partial charge in [0.15, 0.2) is 0 Å². The van der Waals surface area contributed by atoms with E-state index >= 15 is 0 Å². The molecule has 0 atom stereocenters. The van der Waals surface area contributed by atoms with Crippen LogP contribution in [-0.2, 0) is 27.5 Å². The molecule has 46 heavy (non-hydrogen) atoms. The number of hydrogen-bond acceptors (Lipinski definition) is 3. The van der Waals surface area contributed by atoms with Crippen LogP contribution in [0, 0.1) is 31.4 Å². The fraction of sp³-hybridized carbons (Fsp3) is 0.200. The molecule has 4 aromatic carbocycles. The summed E-state index contributed by atoms with van der Waals surface area (Å²) >= 11 is 0. The Bertz CT molecular complexity index is 2150. The number of pyridine rings is 1. The van der Waals surface area contributed by atoms with Crippen LogP contribution in [-0.4, -0.2) is 19.3 Å².